The Kier molecular flexibility index (Phi) is 4.73. The number of carbonyl (C=O) groups excluding carboxylic acids is 1. The molecular weight excluding hydrogens is 369 g/mol. The Morgan fingerprint density at radius 3 is 2.54 bits per heavy atom. The third kappa shape index (κ3) is 3.43. The molecule has 0 unspecified atom stereocenters. The van der Waals surface area contributed by atoms with Crippen LogP contribution in [0.1, 0.15) is 35.6 Å². The number of fused-ring (bicyclic) bond motifs is 1. The summed E-state index contributed by atoms with van der Waals surface area (Å²) in [5, 5.41) is 0. The van der Waals surface area contributed by atoms with Crippen LogP contribution in [0.15, 0.2) is 40.8 Å². The number of rotatable bonds is 3. The molecule has 2 aliphatic rings. The predicted octanol–water partition coefficient (Wildman–Crippen LogP) is 4.26. The fourth-order valence-corrected chi connectivity index (χ4v) is 4.74. The number of nitrogens with zero attached hydrogens (tertiary/aromatic N) is 2. The third-order valence-electron chi connectivity index (χ3n) is 5.97. The molecule has 1 aromatic heterocycles. The topological polar surface area (TPSA) is 36.7 Å². The van der Waals surface area contributed by atoms with Gasteiger partial charge in [-0.05, 0) is 36.1 Å². The van der Waals surface area contributed by atoms with E-state index in [-0.39, 0.29) is 17.9 Å². The highest BCUT2D eigenvalue weighted by molar-refractivity contribution is 5.74. The summed E-state index contributed by atoms with van der Waals surface area (Å²) < 4.78 is 43.3. The second-order valence-electron chi connectivity index (χ2n) is 7.85. The van der Waals surface area contributed by atoms with E-state index in [2.05, 4.69) is 24.0 Å². The Morgan fingerprint density at radius 1 is 1.14 bits per heavy atom. The lowest BCUT2D eigenvalue weighted by molar-refractivity contribution is -0.153. The van der Waals surface area contributed by atoms with Crippen LogP contribution in [0.25, 0.3) is 0 Å². The van der Waals surface area contributed by atoms with Crippen molar-refractivity contribution in [2.75, 3.05) is 19.6 Å². The maximum atomic E-state index is 12.8. The van der Waals surface area contributed by atoms with E-state index in [9.17, 15) is 18.0 Å². The highest BCUT2D eigenvalue weighted by Gasteiger charge is 2.48. The number of halogens is 3. The van der Waals surface area contributed by atoms with Gasteiger partial charge in [0.05, 0.1) is 12.6 Å². The number of carbonyl (C=O) groups is 1. The molecule has 28 heavy (non-hydrogen) atoms. The van der Waals surface area contributed by atoms with E-state index in [1.54, 1.807) is 6.92 Å². The molecule has 2 aromatic rings. The Bertz CT molecular complexity index is 877. The molecule has 3 heterocycles. The summed E-state index contributed by atoms with van der Waals surface area (Å²) >= 11 is 0. The fraction of sp³-hybridized carbons (Fsp3) is 0.476. The van der Waals surface area contributed by atoms with Crippen LogP contribution in [0.2, 0.25) is 0 Å². The third-order valence-corrected chi connectivity index (χ3v) is 5.97. The standard InChI is InChI=1S/C21H23F3N2O2/c1-13-5-3-4-6-17(13)20-18-12-25(9-15(18)10-26(20)14(2)27)11-16-7-8-19(28-16)21(22,23)24/h3-8,15,18,20H,9-12H2,1-2H3/t15-,18-,20+/m1/s1. The van der Waals surface area contributed by atoms with Crippen molar-refractivity contribution in [3.8, 4) is 0 Å². The normalized spacial score (nSPS) is 25.3. The molecule has 0 saturated carbocycles. The van der Waals surface area contributed by atoms with Gasteiger partial charge in [-0.3, -0.25) is 9.69 Å². The van der Waals surface area contributed by atoms with Gasteiger partial charge >= 0.3 is 6.18 Å². The largest absolute Gasteiger partial charge is 0.455 e. The van der Waals surface area contributed by atoms with Gasteiger partial charge in [-0.1, -0.05) is 24.3 Å². The molecule has 2 aliphatic heterocycles. The second kappa shape index (κ2) is 6.95. The minimum Gasteiger partial charge on any atom is -0.455 e. The zero-order chi connectivity index (χ0) is 20.1. The van der Waals surface area contributed by atoms with Crippen molar-refractivity contribution >= 4 is 5.91 Å². The predicted molar refractivity (Wildman–Crippen MR) is 97.3 cm³/mol. The number of likely N-dealkylation sites (tertiary alicyclic amines) is 2. The van der Waals surface area contributed by atoms with Crippen molar-refractivity contribution in [3.05, 3.63) is 59.0 Å². The molecule has 3 atom stereocenters. The number of furan rings is 1. The van der Waals surface area contributed by atoms with Crippen LogP contribution in [0.3, 0.4) is 0 Å². The molecule has 0 N–H and O–H groups in total. The summed E-state index contributed by atoms with van der Waals surface area (Å²) in [4.78, 5) is 16.3. The van der Waals surface area contributed by atoms with Crippen LogP contribution in [-0.4, -0.2) is 35.3 Å². The molecule has 150 valence electrons. The lowest BCUT2D eigenvalue weighted by Crippen LogP contribution is -2.34. The average molecular weight is 392 g/mol. The zero-order valence-electron chi connectivity index (χ0n) is 15.9. The first-order chi connectivity index (χ1) is 13.2. The molecule has 0 radical (unpaired) electrons. The molecule has 0 aliphatic carbocycles. The van der Waals surface area contributed by atoms with Crippen LogP contribution < -0.4 is 0 Å². The van der Waals surface area contributed by atoms with E-state index in [0.717, 1.165) is 30.3 Å². The van der Waals surface area contributed by atoms with Gasteiger partial charge in [0.25, 0.3) is 0 Å². The lowest BCUT2D eigenvalue weighted by Gasteiger charge is -2.30. The van der Waals surface area contributed by atoms with Crippen LogP contribution in [0.5, 0.6) is 0 Å². The minimum atomic E-state index is -4.46. The number of aryl methyl sites for hydroxylation is 1. The van der Waals surface area contributed by atoms with Crippen molar-refractivity contribution in [2.45, 2.75) is 32.6 Å². The Labute approximate surface area is 161 Å². The van der Waals surface area contributed by atoms with Gasteiger partial charge in [0.2, 0.25) is 11.7 Å². The first-order valence-corrected chi connectivity index (χ1v) is 9.45. The van der Waals surface area contributed by atoms with E-state index >= 15 is 0 Å². The molecule has 2 saturated heterocycles. The van der Waals surface area contributed by atoms with Crippen LogP contribution in [0, 0.1) is 18.8 Å². The Hall–Kier alpha value is -2.28. The lowest BCUT2D eigenvalue weighted by atomic mass is 9.87. The van der Waals surface area contributed by atoms with Gasteiger partial charge in [-0.2, -0.15) is 13.2 Å². The summed E-state index contributed by atoms with van der Waals surface area (Å²) in [5.74, 6) is 0.00765. The first kappa shape index (κ1) is 19.1. The number of alkyl halides is 3. The molecule has 0 spiro atoms. The quantitative estimate of drug-likeness (QED) is 0.783. The molecule has 4 nitrogen and oxygen atoms in total. The first-order valence-electron chi connectivity index (χ1n) is 9.45. The second-order valence-corrected chi connectivity index (χ2v) is 7.85. The molecular formula is C21H23F3N2O2. The highest BCUT2D eigenvalue weighted by Crippen LogP contribution is 2.46. The maximum absolute atomic E-state index is 12.8. The number of benzene rings is 1. The monoisotopic (exact) mass is 392 g/mol. The van der Waals surface area contributed by atoms with Crippen LogP contribution in [-0.2, 0) is 17.5 Å². The summed E-state index contributed by atoms with van der Waals surface area (Å²) in [7, 11) is 0. The molecule has 1 amide bonds. The van der Waals surface area contributed by atoms with Crippen LogP contribution in [0.4, 0.5) is 13.2 Å². The Balaban J connectivity index is 1.53. The van der Waals surface area contributed by atoms with E-state index in [1.165, 1.54) is 6.07 Å². The smallest absolute Gasteiger partial charge is 0.449 e. The van der Waals surface area contributed by atoms with Crippen molar-refractivity contribution in [1.82, 2.24) is 9.80 Å². The van der Waals surface area contributed by atoms with Gasteiger partial charge in [0.1, 0.15) is 5.76 Å². The van der Waals surface area contributed by atoms with E-state index < -0.39 is 11.9 Å². The van der Waals surface area contributed by atoms with Gasteiger partial charge in [0, 0.05) is 32.5 Å². The maximum Gasteiger partial charge on any atom is 0.449 e. The van der Waals surface area contributed by atoms with Crippen molar-refractivity contribution in [2.24, 2.45) is 11.8 Å². The Morgan fingerprint density at radius 2 is 1.89 bits per heavy atom. The molecule has 2 fully saturated rings. The summed E-state index contributed by atoms with van der Waals surface area (Å²) in [6, 6.07) is 10.5. The molecule has 4 rings (SSSR count). The van der Waals surface area contributed by atoms with Crippen molar-refractivity contribution in [3.63, 3.8) is 0 Å². The molecule has 1 aromatic carbocycles. The number of hydrogen-bond donors (Lipinski definition) is 0. The minimum absolute atomic E-state index is 0.0102. The average Bonchev–Trinajstić information content (AvgIpc) is 3.29. The summed E-state index contributed by atoms with van der Waals surface area (Å²) in [5.41, 5.74) is 2.31. The van der Waals surface area contributed by atoms with Gasteiger partial charge in [0.15, 0.2) is 0 Å². The number of amides is 1. The van der Waals surface area contributed by atoms with E-state index in [0.29, 0.717) is 24.8 Å². The van der Waals surface area contributed by atoms with E-state index in [1.807, 2.05) is 17.0 Å². The SMILES string of the molecule is CC(=O)N1C[C@H]2CN(Cc3ccc(C(F)(F)F)o3)C[C@H]2[C@@H]1c1ccccc1C. The van der Waals surface area contributed by atoms with E-state index in [4.69, 9.17) is 4.42 Å². The van der Waals surface area contributed by atoms with Crippen molar-refractivity contribution < 1.29 is 22.4 Å². The molecule has 7 heteroatoms. The van der Waals surface area contributed by atoms with Gasteiger partial charge in [-0.15, -0.1) is 0 Å². The highest BCUT2D eigenvalue weighted by atomic mass is 19.4. The number of hydrogen-bond acceptors (Lipinski definition) is 3. The van der Waals surface area contributed by atoms with Gasteiger partial charge < -0.3 is 9.32 Å². The van der Waals surface area contributed by atoms with Crippen molar-refractivity contribution in [1.29, 1.82) is 0 Å². The van der Waals surface area contributed by atoms with Gasteiger partial charge in [-0.25, -0.2) is 0 Å². The van der Waals surface area contributed by atoms with Crippen LogP contribution >= 0.6 is 0 Å². The summed E-state index contributed by atoms with van der Waals surface area (Å²) in [6.45, 7) is 6.17. The molecule has 0 bridgehead atoms. The summed E-state index contributed by atoms with van der Waals surface area (Å²) in [6.07, 6.45) is -4.46. The fourth-order valence-electron chi connectivity index (χ4n) is 4.74. The zero-order valence-corrected chi connectivity index (χ0v) is 15.9.